The van der Waals surface area contributed by atoms with Gasteiger partial charge in [0.2, 0.25) is 5.91 Å². The Kier molecular flexibility index (Phi) is 8.97. The average Bonchev–Trinajstić information content (AvgIpc) is 2.78. The van der Waals surface area contributed by atoms with Crippen LogP contribution in [-0.2, 0) is 4.79 Å². The Morgan fingerprint density at radius 1 is 1.10 bits per heavy atom. The number of nitrogens with one attached hydrogen (secondary N) is 1. The van der Waals surface area contributed by atoms with Gasteiger partial charge in [-0.05, 0) is 42.8 Å². The molecule has 1 N–H and O–H groups in total. The molecule has 31 heavy (non-hydrogen) atoms. The number of benzene rings is 2. The Labute approximate surface area is 189 Å². The lowest BCUT2D eigenvalue weighted by atomic mass is 10.2. The number of hydrogen-bond acceptors (Lipinski definition) is 5. The minimum absolute atomic E-state index is 0.0181. The van der Waals surface area contributed by atoms with E-state index in [0.29, 0.717) is 39.1 Å². The number of nitrogens with zero attached hydrogens (tertiary/aromatic N) is 2. The number of hydrogen-bond donors (Lipinski definition) is 1. The van der Waals surface area contributed by atoms with E-state index in [2.05, 4.69) is 17.2 Å². The van der Waals surface area contributed by atoms with Gasteiger partial charge in [0, 0.05) is 11.6 Å². The van der Waals surface area contributed by atoms with Crippen molar-refractivity contribution < 1.29 is 9.18 Å². The molecule has 164 valence electrons. The molecule has 0 aliphatic heterocycles. The molecule has 0 bridgehead atoms. The van der Waals surface area contributed by atoms with E-state index >= 15 is 0 Å². The fourth-order valence-corrected chi connectivity index (χ4v) is 4.94. The fourth-order valence-electron chi connectivity index (χ4n) is 3.09. The third-order valence-electron chi connectivity index (χ3n) is 4.69. The highest BCUT2D eigenvalue weighted by Crippen LogP contribution is 2.24. The summed E-state index contributed by atoms with van der Waals surface area (Å²) in [7, 11) is 0. The number of amides is 1. The molecule has 0 unspecified atom stereocenters. The van der Waals surface area contributed by atoms with E-state index < -0.39 is 0 Å². The number of para-hydroxylation sites is 1. The second-order valence-corrected chi connectivity index (χ2v) is 9.34. The first kappa shape index (κ1) is 23.3. The molecule has 0 aliphatic carbocycles. The minimum atomic E-state index is -0.365. The molecule has 0 aliphatic rings. The first-order valence-electron chi connectivity index (χ1n) is 10.3. The molecule has 0 atom stereocenters. The van der Waals surface area contributed by atoms with Crippen molar-refractivity contribution in [1.82, 2.24) is 14.9 Å². The molecule has 3 aromatic rings. The molecule has 1 aromatic heterocycles. The van der Waals surface area contributed by atoms with Gasteiger partial charge in [-0.1, -0.05) is 50.1 Å². The Bertz CT molecular complexity index is 1070. The van der Waals surface area contributed by atoms with Gasteiger partial charge in [-0.25, -0.2) is 9.37 Å². The Balaban J connectivity index is 1.67. The van der Waals surface area contributed by atoms with Crippen LogP contribution in [0.15, 0.2) is 58.5 Å². The molecular formula is C23H26FN3O2S2. The lowest BCUT2D eigenvalue weighted by Crippen LogP contribution is -2.26. The molecule has 0 radical (unpaired) electrons. The Morgan fingerprint density at radius 2 is 1.87 bits per heavy atom. The molecule has 1 heterocycles. The van der Waals surface area contributed by atoms with Crippen LogP contribution in [0, 0.1) is 5.82 Å². The van der Waals surface area contributed by atoms with Gasteiger partial charge < -0.3 is 5.32 Å². The summed E-state index contributed by atoms with van der Waals surface area (Å²) in [5.41, 5.74) is 0.972. The summed E-state index contributed by atoms with van der Waals surface area (Å²) in [5.74, 6) is 0.00954. The summed E-state index contributed by atoms with van der Waals surface area (Å²) in [4.78, 5) is 29.8. The highest BCUT2D eigenvalue weighted by molar-refractivity contribution is 8.16. The summed E-state index contributed by atoms with van der Waals surface area (Å²) >= 11 is 2.87. The second-order valence-electron chi connectivity index (χ2n) is 7.05. The molecule has 0 fully saturated rings. The van der Waals surface area contributed by atoms with Crippen LogP contribution < -0.4 is 10.9 Å². The van der Waals surface area contributed by atoms with Crippen molar-refractivity contribution >= 4 is 40.3 Å². The third kappa shape index (κ3) is 6.58. The van der Waals surface area contributed by atoms with Crippen molar-refractivity contribution in [2.24, 2.45) is 0 Å². The predicted octanol–water partition coefficient (Wildman–Crippen LogP) is 5.00. The molecule has 5 nitrogen and oxygen atoms in total. The van der Waals surface area contributed by atoms with Gasteiger partial charge in [-0.15, -0.1) is 11.8 Å². The number of aromatic nitrogens is 2. The zero-order chi connectivity index (χ0) is 22.1. The van der Waals surface area contributed by atoms with Gasteiger partial charge in [-0.3, -0.25) is 14.2 Å². The van der Waals surface area contributed by atoms with Gasteiger partial charge in [0.15, 0.2) is 5.16 Å². The number of carbonyl (C=O) groups is 1. The van der Waals surface area contributed by atoms with Gasteiger partial charge in [0.25, 0.3) is 5.56 Å². The molecule has 3 rings (SSSR count). The van der Waals surface area contributed by atoms with E-state index in [-0.39, 0.29) is 17.3 Å². The highest BCUT2D eigenvalue weighted by Gasteiger charge is 2.13. The third-order valence-corrected chi connectivity index (χ3v) is 6.82. The monoisotopic (exact) mass is 459 g/mol. The summed E-state index contributed by atoms with van der Waals surface area (Å²) in [6.45, 7) is 2.87. The summed E-state index contributed by atoms with van der Waals surface area (Å²) in [5, 5.41) is 4.53. The number of rotatable bonds is 11. The van der Waals surface area contributed by atoms with Crippen LogP contribution in [0.2, 0.25) is 0 Å². The van der Waals surface area contributed by atoms with E-state index in [1.807, 2.05) is 6.07 Å². The van der Waals surface area contributed by atoms with Gasteiger partial charge in [0.1, 0.15) is 5.82 Å². The van der Waals surface area contributed by atoms with Gasteiger partial charge in [0.05, 0.1) is 22.3 Å². The van der Waals surface area contributed by atoms with E-state index in [1.54, 1.807) is 30.3 Å². The minimum Gasteiger partial charge on any atom is -0.355 e. The molecule has 2 aromatic carbocycles. The first-order valence-corrected chi connectivity index (χ1v) is 12.5. The molecule has 0 spiro atoms. The van der Waals surface area contributed by atoms with E-state index in [4.69, 9.17) is 0 Å². The standard InChI is InChI=1S/C23H26FN3O2S2/c1-2-3-4-7-14-25-21(28)15-30-16-31-23-26-20-9-6-5-8-19(20)22(29)27(23)18-12-10-17(24)11-13-18/h5-6,8-13H,2-4,7,14-16H2,1H3,(H,25,28). The quantitative estimate of drug-likeness (QED) is 0.189. The topological polar surface area (TPSA) is 64.0 Å². The Hall–Kier alpha value is -2.32. The number of halogens is 1. The lowest BCUT2D eigenvalue weighted by molar-refractivity contribution is -0.118. The van der Waals surface area contributed by atoms with Crippen molar-refractivity contribution in [3.63, 3.8) is 0 Å². The van der Waals surface area contributed by atoms with Crippen LogP contribution in [0.3, 0.4) is 0 Å². The average molecular weight is 460 g/mol. The highest BCUT2D eigenvalue weighted by atomic mass is 32.2. The van der Waals surface area contributed by atoms with E-state index in [9.17, 15) is 14.0 Å². The normalized spacial score (nSPS) is 11.0. The van der Waals surface area contributed by atoms with E-state index in [0.717, 1.165) is 12.8 Å². The smallest absolute Gasteiger partial charge is 0.266 e. The molecule has 0 saturated carbocycles. The molecule has 0 saturated heterocycles. The van der Waals surface area contributed by atoms with Crippen LogP contribution in [0.1, 0.15) is 32.6 Å². The molecular weight excluding hydrogens is 433 g/mol. The van der Waals surface area contributed by atoms with Crippen molar-refractivity contribution in [3.8, 4) is 5.69 Å². The number of carbonyl (C=O) groups excluding carboxylic acids is 1. The zero-order valence-electron chi connectivity index (χ0n) is 17.5. The molecule has 8 heteroatoms. The Morgan fingerprint density at radius 3 is 2.65 bits per heavy atom. The summed E-state index contributed by atoms with van der Waals surface area (Å²) < 4.78 is 14.9. The van der Waals surface area contributed by atoms with Crippen LogP contribution in [0.25, 0.3) is 16.6 Å². The fraction of sp³-hybridized carbons (Fsp3) is 0.348. The van der Waals surface area contributed by atoms with Crippen LogP contribution in [0.4, 0.5) is 4.39 Å². The maximum Gasteiger partial charge on any atom is 0.266 e. The largest absolute Gasteiger partial charge is 0.355 e. The number of fused-ring (bicyclic) bond motifs is 1. The first-order chi connectivity index (χ1) is 15.1. The zero-order valence-corrected chi connectivity index (χ0v) is 19.1. The van der Waals surface area contributed by atoms with Gasteiger partial charge >= 0.3 is 0 Å². The summed E-state index contributed by atoms with van der Waals surface area (Å²) in [6.07, 6.45) is 4.50. The van der Waals surface area contributed by atoms with Crippen molar-refractivity contribution in [2.45, 2.75) is 37.8 Å². The van der Waals surface area contributed by atoms with Crippen LogP contribution >= 0.6 is 23.5 Å². The SMILES string of the molecule is CCCCCCNC(=O)CSCSc1nc2ccccc2c(=O)n1-c1ccc(F)cc1. The number of thioether (sulfide) groups is 2. The maximum atomic E-state index is 13.4. The lowest BCUT2D eigenvalue weighted by Gasteiger charge is -2.13. The summed E-state index contributed by atoms with van der Waals surface area (Å²) in [6, 6.07) is 12.9. The van der Waals surface area contributed by atoms with Crippen LogP contribution in [0.5, 0.6) is 0 Å². The molecule has 1 amide bonds. The number of unbranched alkanes of at least 4 members (excludes halogenated alkanes) is 3. The van der Waals surface area contributed by atoms with Gasteiger partial charge in [-0.2, -0.15) is 0 Å². The van der Waals surface area contributed by atoms with Crippen molar-refractivity contribution in [1.29, 1.82) is 0 Å². The predicted molar refractivity (Wildman–Crippen MR) is 128 cm³/mol. The van der Waals surface area contributed by atoms with E-state index in [1.165, 1.54) is 53.1 Å². The second kappa shape index (κ2) is 11.9. The maximum absolute atomic E-state index is 13.4. The van der Waals surface area contributed by atoms with Crippen molar-refractivity contribution in [3.05, 3.63) is 64.7 Å². The van der Waals surface area contributed by atoms with Crippen LogP contribution in [-0.4, -0.2) is 32.8 Å². The van der Waals surface area contributed by atoms with Crippen molar-refractivity contribution in [2.75, 3.05) is 17.4 Å².